The van der Waals surface area contributed by atoms with Crippen molar-refractivity contribution in [3.8, 4) is 0 Å². The summed E-state index contributed by atoms with van der Waals surface area (Å²) >= 11 is 18.3. The van der Waals surface area contributed by atoms with Crippen LogP contribution < -0.4 is 21.7 Å². The molecule has 2 saturated heterocycles. The number of thiocarbonyl (C=S) groups is 2. The second-order valence-electron chi connectivity index (χ2n) is 11.2. The molecule has 14 nitrogen and oxygen atoms in total. The quantitative estimate of drug-likeness (QED) is 0.0598. The van der Waals surface area contributed by atoms with Crippen LogP contribution in [0.1, 0.15) is 25.7 Å². The Hall–Kier alpha value is -3.64. The Labute approximate surface area is 343 Å². The fourth-order valence-corrected chi connectivity index (χ4v) is 11.3. The fourth-order valence-electron chi connectivity index (χ4n) is 4.81. The van der Waals surface area contributed by atoms with Gasteiger partial charge >= 0.3 is 0 Å². The molecule has 6 rings (SSSR count). The monoisotopic (exact) mass is 876 g/mol. The normalized spacial score (nSPS) is 15.8. The number of fused-ring (bicyclic) bond motifs is 2. The molecule has 4 aromatic rings. The van der Waals surface area contributed by atoms with Gasteiger partial charge in [0, 0.05) is 25.9 Å². The third kappa shape index (κ3) is 10.4. The lowest BCUT2D eigenvalue weighted by Crippen LogP contribution is -2.42. The van der Waals surface area contributed by atoms with E-state index in [0.29, 0.717) is 0 Å². The molecule has 0 unspecified atom stereocenters. The molecule has 6 amide bonds. The van der Waals surface area contributed by atoms with Gasteiger partial charge in [-0.3, -0.25) is 60.3 Å². The molecule has 0 spiro atoms. The van der Waals surface area contributed by atoms with E-state index in [-0.39, 0.29) is 80.5 Å². The number of carbonyl (C=O) groups is 6. The van der Waals surface area contributed by atoms with Gasteiger partial charge in [-0.05, 0) is 37.1 Å². The summed E-state index contributed by atoms with van der Waals surface area (Å²) in [5.74, 6) is -2.41. The minimum atomic E-state index is -0.456. The largest absolute Gasteiger partial charge is 0.293 e. The number of amides is 6. The van der Waals surface area contributed by atoms with Crippen LogP contribution in [0.2, 0.25) is 0 Å². The SMILES string of the molecule is O=C(CCCN1C(=O)C(=C2SC(=S)N(CCCC(=O)NNC(=O)CSc3nc4ccccc4s3)C2=O)SC1=S)NNC(=O)CSc1nc2ccccc2s1. The van der Waals surface area contributed by atoms with Gasteiger partial charge in [0.15, 0.2) is 8.68 Å². The van der Waals surface area contributed by atoms with Crippen LogP contribution in [0.25, 0.3) is 20.4 Å². The van der Waals surface area contributed by atoms with E-state index in [0.717, 1.165) is 52.6 Å². The zero-order chi connectivity index (χ0) is 38.2. The van der Waals surface area contributed by atoms with E-state index in [4.69, 9.17) is 24.4 Å². The molecule has 22 heteroatoms. The predicted molar refractivity (Wildman–Crippen MR) is 223 cm³/mol. The maximum atomic E-state index is 13.3. The zero-order valence-corrected chi connectivity index (χ0v) is 34.3. The van der Waals surface area contributed by atoms with Crippen molar-refractivity contribution in [2.24, 2.45) is 0 Å². The van der Waals surface area contributed by atoms with E-state index in [1.165, 1.54) is 56.0 Å². The van der Waals surface area contributed by atoms with Crippen LogP contribution in [-0.2, 0) is 28.8 Å². The maximum absolute atomic E-state index is 13.3. The third-order valence-electron chi connectivity index (χ3n) is 7.36. The van der Waals surface area contributed by atoms with Gasteiger partial charge in [0.25, 0.3) is 11.8 Å². The standard InChI is InChI=1S/C32H28N8O6S8/c41-21(35-37-23(43)15-49-29-33-17-7-1-3-9-19(17)51-29)11-5-13-39-27(45)25(53-31(39)47)26-28(46)40(32(48)54-26)14-6-12-22(42)36-38-24(44)16-50-30-34-18-8-2-4-10-20(18)52-30/h1-4,7-10H,5-6,11-16H2,(H,35,41)(H,36,42)(H,37,43)(H,38,44). The van der Waals surface area contributed by atoms with Crippen molar-refractivity contribution in [1.82, 2.24) is 41.5 Å². The molecule has 2 aliphatic heterocycles. The Morgan fingerprint density at radius 3 is 1.41 bits per heavy atom. The number of aromatic nitrogens is 2. The number of rotatable bonds is 14. The lowest BCUT2D eigenvalue weighted by atomic mass is 10.2. The number of hydrogen-bond acceptors (Lipinski definition) is 16. The van der Waals surface area contributed by atoms with Crippen molar-refractivity contribution in [3.63, 3.8) is 0 Å². The number of para-hydroxylation sites is 2. The average Bonchev–Trinajstić information content (AvgIpc) is 3.91. The van der Waals surface area contributed by atoms with E-state index in [2.05, 4.69) is 31.7 Å². The smallest absolute Gasteiger partial charge is 0.267 e. The Morgan fingerprint density at radius 2 is 1.00 bits per heavy atom. The highest BCUT2D eigenvalue weighted by Gasteiger charge is 2.41. The topological polar surface area (TPSA) is 183 Å². The zero-order valence-electron chi connectivity index (χ0n) is 27.8. The van der Waals surface area contributed by atoms with Crippen molar-refractivity contribution in [3.05, 3.63) is 58.3 Å². The van der Waals surface area contributed by atoms with E-state index < -0.39 is 23.6 Å². The summed E-state index contributed by atoms with van der Waals surface area (Å²) in [5, 5.41) is 0. The Bertz CT molecular complexity index is 1990. The first-order chi connectivity index (χ1) is 26.0. The highest BCUT2D eigenvalue weighted by atomic mass is 32.2. The van der Waals surface area contributed by atoms with Crippen molar-refractivity contribution in [2.45, 2.75) is 34.4 Å². The molecular weight excluding hydrogens is 849 g/mol. The van der Waals surface area contributed by atoms with Crippen molar-refractivity contribution in [2.75, 3.05) is 24.6 Å². The first kappa shape index (κ1) is 40.0. The van der Waals surface area contributed by atoms with E-state index in [1.807, 2.05) is 48.5 Å². The summed E-state index contributed by atoms with van der Waals surface area (Å²) in [4.78, 5) is 87.6. The number of benzene rings is 2. The van der Waals surface area contributed by atoms with Crippen LogP contribution in [0.15, 0.2) is 67.0 Å². The summed E-state index contributed by atoms with van der Waals surface area (Å²) in [6.45, 7) is 0.269. The van der Waals surface area contributed by atoms with Gasteiger partial charge in [0.2, 0.25) is 23.6 Å². The summed E-state index contributed by atoms with van der Waals surface area (Å²) in [7, 11) is 0. The molecule has 0 aliphatic carbocycles. The van der Waals surface area contributed by atoms with Gasteiger partial charge in [-0.15, -0.1) is 22.7 Å². The van der Waals surface area contributed by atoms with Gasteiger partial charge in [0.05, 0.1) is 41.7 Å². The Morgan fingerprint density at radius 1 is 0.611 bits per heavy atom. The number of carbonyl (C=O) groups excluding carboxylic acids is 6. The van der Waals surface area contributed by atoms with Gasteiger partial charge in [-0.1, -0.05) is 95.7 Å². The molecule has 54 heavy (non-hydrogen) atoms. The van der Waals surface area contributed by atoms with Crippen molar-refractivity contribution >= 4 is 159 Å². The molecule has 4 N–H and O–H groups in total. The molecule has 2 aromatic carbocycles. The molecule has 2 aliphatic rings. The van der Waals surface area contributed by atoms with Crippen LogP contribution in [0, 0.1) is 0 Å². The lowest BCUT2D eigenvalue weighted by Gasteiger charge is -2.15. The number of hydrazine groups is 2. The minimum Gasteiger partial charge on any atom is -0.293 e. The van der Waals surface area contributed by atoms with Crippen molar-refractivity contribution in [1.29, 1.82) is 0 Å². The number of hydrogen-bond donors (Lipinski definition) is 4. The highest BCUT2D eigenvalue weighted by molar-refractivity contribution is 8.29. The Kier molecular flexibility index (Phi) is 13.9. The molecule has 0 saturated carbocycles. The van der Waals surface area contributed by atoms with Gasteiger partial charge < -0.3 is 0 Å². The molecule has 4 heterocycles. The van der Waals surface area contributed by atoms with Crippen LogP contribution in [0.4, 0.5) is 0 Å². The van der Waals surface area contributed by atoms with Crippen LogP contribution in [0.3, 0.4) is 0 Å². The third-order valence-corrected chi connectivity index (χ3v) is 14.7. The predicted octanol–water partition coefficient (Wildman–Crippen LogP) is 4.58. The molecule has 0 radical (unpaired) electrons. The molecule has 2 aromatic heterocycles. The Balaban J connectivity index is 0.873. The van der Waals surface area contributed by atoms with Gasteiger partial charge in [-0.2, -0.15) is 0 Å². The molecule has 280 valence electrons. The molecule has 2 fully saturated rings. The molecular formula is C32H28N8O6S8. The second kappa shape index (κ2) is 18.8. The van der Waals surface area contributed by atoms with E-state index in [1.54, 1.807) is 0 Å². The summed E-state index contributed by atoms with van der Waals surface area (Å²) in [5.41, 5.74) is 11.3. The van der Waals surface area contributed by atoms with Crippen LogP contribution >= 0.6 is 94.2 Å². The summed E-state index contributed by atoms with van der Waals surface area (Å²) in [6, 6.07) is 15.4. The van der Waals surface area contributed by atoms with Crippen LogP contribution in [-0.4, -0.2) is 88.4 Å². The van der Waals surface area contributed by atoms with Crippen LogP contribution in [0.5, 0.6) is 0 Å². The first-order valence-corrected chi connectivity index (χ1v) is 22.0. The number of nitrogens with one attached hydrogen (secondary N) is 4. The molecule has 0 atom stereocenters. The van der Waals surface area contributed by atoms with Crippen molar-refractivity contribution < 1.29 is 28.8 Å². The van der Waals surface area contributed by atoms with Gasteiger partial charge in [0.1, 0.15) is 8.64 Å². The van der Waals surface area contributed by atoms with E-state index >= 15 is 0 Å². The molecule has 0 bridgehead atoms. The highest BCUT2D eigenvalue weighted by Crippen LogP contribution is 2.42. The lowest BCUT2D eigenvalue weighted by molar-refractivity contribution is -0.128. The number of nitrogens with zero attached hydrogens (tertiary/aromatic N) is 4. The second-order valence-corrected chi connectivity index (χ2v) is 19.0. The van der Waals surface area contributed by atoms with E-state index in [9.17, 15) is 28.8 Å². The minimum absolute atomic E-state index is 0.0141. The summed E-state index contributed by atoms with van der Waals surface area (Å²) < 4.78 is 4.05. The number of thiazole rings is 2. The average molecular weight is 877 g/mol. The summed E-state index contributed by atoms with van der Waals surface area (Å²) in [6.07, 6.45) is 0.543. The first-order valence-electron chi connectivity index (χ1n) is 16.0. The maximum Gasteiger partial charge on any atom is 0.267 e. The number of thioether (sulfide) groups is 4. The van der Waals surface area contributed by atoms with Gasteiger partial charge in [-0.25, -0.2) is 9.97 Å². The fraction of sp³-hybridized carbons (Fsp3) is 0.250.